The van der Waals surface area contributed by atoms with Gasteiger partial charge in [0.2, 0.25) is 5.91 Å². The summed E-state index contributed by atoms with van der Waals surface area (Å²) in [6.45, 7) is 0.826. The zero-order chi connectivity index (χ0) is 17.6. The predicted octanol–water partition coefficient (Wildman–Crippen LogP) is 1.67. The summed E-state index contributed by atoms with van der Waals surface area (Å²) in [5.41, 5.74) is -0.598. The van der Waals surface area contributed by atoms with E-state index in [9.17, 15) is 19.8 Å². The molecule has 126 valence electrons. The van der Waals surface area contributed by atoms with E-state index in [1.165, 1.54) is 19.1 Å². The molecule has 0 aliphatic carbocycles. The van der Waals surface area contributed by atoms with Gasteiger partial charge in [-0.15, -0.1) is 0 Å². The second-order valence-corrected chi connectivity index (χ2v) is 5.35. The zero-order valence-electron chi connectivity index (χ0n) is 13.2. The number of aliphatic hydroxyl groups excluding tert-OH is 1. The van der Waals surface area contributed by atoms with E-state index in [-0.39, 0.29) is 5.56 Å². The third-order valence-corrected chi connectivity index (χ3v) is 3.59. The van der Waals surface area contributed by atoms with Gasteiger partial charge in [-0.05, 0) is 23.3 Å². The molecule has 1 atom stereocenters. The molecule has 0 heterocycles. The first-order chi connectivity index (χ1) is 11.5. The fraction of sp³-hybridized carbons (Fsp3) is 0.222. The quantitative estimate of drug-likeness (QED) is 0.718. The Hall–Kier alpha value is -2.86. The first kappa shape index (κ1) is 17.5. The van der Waals surface area contributed by atoms with Crippen LogP contribution in [0.2, 0.25) is 0 Å². The minimum absolute atomic E-state index is 0.264. The van der Waals surface area contributed by atoms with Crippen LogP contribution in [0, 0.1) is 0 Å². The molecular weight excluding hydrogens is 310 g/mol. The largest absolute Gasteiger partial charge is 0.489 e. The Balaban J connectivity index is 2.17. The van der Waals surface area contributed by atoms with Crippen molar-refractivity contribution in [2.24, 2.45) is 0 Å². The molecule has 2 aromatic rings. The molecule has 0 spiro atoms. The van der Waals surface area contributed by atoms with Crippen LogP contribution in [0.15, 0.2) is 54.6 Å². The summed E-state index contributed by atoms with van der Waals surface area (Å²) in [5, 5.41) is 21.3. The molecule has 0 aromatic heterocycles. The highest BCUT2D eigenvalue weighted by Crippen LogP contribution is 2.24. The summed E-state index contributed by atoms with van der Waals surface area (Å²) in [4.78, 5) is 22.9. The molecule has 1 amide bonds. The van der Waals surface area contributed by atoms with Crippen molar-refractivity contribution in [3.63, 3.8) is 0 Å². The number of nitrogens with one attached hydrogen (secondary N) is 1. The highest BCUT2D eigenvalue weighted by molar-refractivity contribution is 5.87. The molecular formula is C18H19NO5. The van der Waals surface area contributed by atoms with E-state index in [0.29, 0.717) is 12.4 Å². The summed E-state index contributed by atoms with van der Waals surface area (Å²) >= 11 is 0. The van der Waals surface area contributed by atoms with Gasteiger partial charge in [-0.3, -0.25) is 4.79 Å². The van der Waals surface area contributed by atoms with E-state index >= 15 is 0 Å². The first-order valence-electron chi connectivity index (χ1n) is 7.38. The summed E-state index contributed by atoms with van der Waals surface area (Å²) < 4.78 is 5.64. The number of carboxylic acids is 1. The fourth-order valence-electron chi connectivity index (χ4n) is 2.32. The van der Waals surface area contributed by atoms with Crippen LogP contribution in [0.3, 0.4) is 0 Å². The van der Waals surface area contributed by atoms with Crippen LogP contribution in [0.25, 0.3) is 0 Å². The number of benzene rings is 2. The highest BCUT2D eigenvalue weighted by Gasteiger charge is 2.41. The maximum atomic E-state index is 11.6. The Kier molecular flexibility index (Phi) is 5.55. The second-order valence-electron chi connectivity index (χ2n) is 5.35. The van der Waals surface area contributed by atoms with Gasteiger partial charge in [-0.25, -0.2) is 4.79 Å². The number of carbonyl (C=O) groups is 2. The van der Waals surface area contributed by atoms with Gasteiger partial charge in [-0.1, -0.05) is 42.5 Å². The van der Waals surface area contributed by atoms with Crippen LogP contribution < -0.4 is 10.1 Å². The van der Waals surface area contributed by atoms with Gasteiger partial charge in [0.05, 0.1) is 6.61 Å². The van der Waals surface area contributed by atoms with E-state index < -0.39 is 24.0 Å². The van der Waals surface area contributed by atoms with Gasteiger partial charge in [-0.2, -0.15) is 0 Å². The normalized spacial score (nSPS) is 12.9. The Labute approximate surface area is 139 Å². The van der Waals surface area contributed by atoms with E-state index in [4.69, 9.17) is 4.74 Å². The Morgan fingerprint density at radius 2 is 1.71 bits per heavy atom. The van der Waals surface area contributed by atoms with Gasteiger partial charge in [0.15, 0.2) is 5.54 Å². The zero-order valence-corrected chi connectivity index (χ0v) is 13.2. The predicted molar refractivity (Wildman–Crippen MR) is 87.4 cm³/mol. The van der Waals surface area contributed by atoms with Gasteiger partial charge in [0, 0.05) is 6.92 Å². The lowest BCUT2D eigenvalue weighted by Gasteiger charge is -2.28. The lowest BCUT2D eigenvalue weighted by molar-refractivity contribution is -0.150. The van der Waals surface area contributed by atoms with Crippen LogP contribution in [-0.4, -0.2) is 28.7 Å². The molecule has 0 unspecified atom stereocenters. The summed E-state index contributed by atoms with van der Waals surface area (Å²) in [5.74, 6) is -1.32. The van der Waals surface area contributed by atoms with Crippen molar-refractivity contribution in [3.8, 4) is 5.75 Å². The molecule has 0 aliphatic heterocycles. The Bertz CT molecular complexity index is 699. The Morgan fingerprint density at radius 3 is 2.21 bits per heavy atom. The molecule has 0 bridgehead atoms. The summed E-state index contributed by atoms with van der Waals surface area (Å²) in [6.07, 6.45) is 0. The number of carboxylic acid groups (broad SMARTS) is 1. The van der Waals surface area contributed by atoms with Crippen LogP contribution in [0.5, 0.6) is 5.75 Å². The highest BCUT2D eigenvalue weighted by atomic mass is 16.5. The first-order valence-corrected chi connectivity index (χ1v) is 7.38. The van der Waals surface area contributed by atoms with Crippen LogP contribution in [-0.2, 0) is 21.7 Å². The van der Waals surface area contributed by atoms with Crippen molar-refractivity contribution in [2.75, 3.05) is 6.61 Å². The number of aliphatic carboxylic acids is 1. The molecule has 2 rings (SSSR count). The maximum absolute atomic E-state index is 11.6. The van der Waals surface area contributed by atoms with Crippen molar-refractivity contribution in [1.29, 1.82) is 0 Å². The van der Waals surface area contributed by atoms with Gasteiger partial charge < -0.3 is 20.3 Å². The number of amides is 1. The van der Waals surface area contributed by atoms with Crippen LogP contribution in [0.4, 0.5) is 0 Å². The van der Waals surface area contributed by atoms with E-state index in [1.807, 2.05) is 30.3 Å². The number of carbonyl (C=O) groups excluding carboxylic acids is 1. The number of aliphatic hydroxyl groups is 1. The second kappa shape index (κ2) is 7.61. The van der Waals surface area contributed by atoms with Crippen molar-refractivity contribution < 1.29 is 24.5 Å². The lowest BCUT2D eigenvalue weighted by atomic mass is 9.90. The third kappa shape index (κ3) is 3.91. The lowest BCUT2D eigenvalue weighted by Crippen LogP contribution is -2.54. The summed E-state index contributed by atoms with van der Waals surface area (Å²) in [6, 6.07) is 15.9. The monoisotopic (exact) mass is 329 g/mol. The molecule has 6 nitrogen and oxygen atoms in total. The topological polar surface area (TPSA) is 95.9 Å². The van der Waals surface area contributed by atoms with Crippen LogP contribution >= 0.6 is 0 Å². The molecule has 3 N–H and O–H groups in total. The van der Waals surface area contributed by atoms with Gasteiger partial charge in [0.1, 0.15) is 12.4 Å². The average Bonchev–Trinajstić information content (AvgIpc) is 2.59. The third-order valence-electron chi connectivity index (χ3n) is 3.59. The van der Waals surface area contributed by atoms with E-state index in [1.54, 1.807) is 12.1 Å². The number of rotatable bonds is 7. The van der Waals surface area contributed by atoms with Gasteiger partial charge in [0.25, 0.3) is 0 Å². The van der Waals surface area contributed by atoms with Crippen molar-refractivity contribution in [3.05, 3.63) is 65.7 Å². The molecule has 6 heteroatoms. The minimum Gasteiger partial charge on any atom is -0.489 e. The molecule has 0 saturated carbocycles. The standard InChI is InChI=1S/C18H19NO5/c1-13(21)19-18(12-20,17(22)23)15-7-9-16(10-8-15)24-11-14-5-3-2-4-6-14/h2-10,20H,11-12H2,1H3,(H,19,21)(H,22,23)/t18-/m1/s1. The molecule has 0 fully saturated rings. The van der Waals surface area contributed by atoms with Crippen molar-refractivity contribution >= 4 is 11.9 Å². The molecule has 0 radical (unpaired) electrons. The fourth-order valence-corrected chi connectivity index (χ4v) is 2.32. The van der Waals surface area contributed by atoms with Crippen LogP contribution in [0.1, 0.15) is 18.1 Å². The van der Waals surface area contributed by atoms with Crippen molar-refractivity contribution in [2.45, 2.75) is 19.1 Å². The minimum atomic E-state index is -1.87. The van der Waals surface area contributed by atoms with Crippen molar-refractivity contribution in [1.82, 2.24) is 5.32 Å². The Morgan fingerprint density at radius 1 is 1.08 bits per heavy atom. The molecule has 0 aliphatic rings. The van der Waals surface area contributed by atoms with E-state index in [2.05, 4.69) is 5.32 Å². The molecule has 2 aromatic carbocycles. The molecule has 0 saturated heterocycles. The number of hydrogen-bond acceptors (Lipinski definition) is 4. The average molecular weight is 329 g/mol. The SMILES string of the molecule is CC(=O)N[C@@](CO)(C(=O)O)c1ccc(OCc2ccccc2)cc1. The smallest absolute Gasteiger partial charge is 0.336 e. The van der Waals surface area contributed by atoms with Gasteiger partial charge >= 0.3 is 5.97 Å². The van der Waals surface area contributed by atoms with E-state index in [0.717, 1.165) is 5.56 Å². The summed E-state index contributed by atoms with van der Waals surface area (Å²) in [7, 11) is 0. The number of hydrogen-bond donors (Lipinski definition) is 3. The number of ether oxygens (including phenoxy) is 1. The molecule has 24 heavy (non-hydrogen) atoms. The maximum Gasteiger partial charge on any atom is 0.336 e.